The normalized spacial score (nSPS) is 10.6. The average molecular weight is 407 g/mol. The molecule has 0 unspecified atom stereocenters. The van der Waals surface area contributed by atoms with Crippen molar-refractivity contribution in [3.05, 3.63) is 78.3 Å². The van der Waals surface area contributed by atoms with E-state index in [1.54, 1.807) is 54.8 Å². The maximum atomic E-state index is 12.4. The first-order valence-corrected chi connectivity index (χ1v) is 9.68. The van der Waals surface area contributed by atoms with Crippen molar-refractivity contribution in [1.29, 1.82) is 0 Å². The first-order chi connectivity index (χ1) is 14.5. The lowest BCUT2D eigenvalue weighted by atomic mass is 10.2. The average Bonchev–Trinajstić information content (AvgIpc) is 3.23. The number of rotatable bonds is 9. The number of carbonyl (C=O) groups excluding carboxylic acids is 2. The van der Waals surface area contributed by atoms with Crippen molar-refractivity contribution >= 4 is 23.2 Å². The summed E-state index contributed by atoms with van der Waals surface area (Å²) in [4.78, 5) is 26.5. The molecular formula is C23H25N3O4. The molecule has 0 saturated heterocycles. The zero-order valence-corrected chi connectivity index (χ0v) is 17.1. The molecule has 1 heterocycles. The Morgan fingerprint density at radius 3 is 2.27 bits per heavy atom. The second kappa shape index (κ2) is 10.3. The summed E-state index contributed by atoms with van der Waals surface area (Å²) in [6, 6.07) is 17.6. The highest BCUT2D eigenvalue weighted by atomic mass is 16.5. The van der Waals surface area contributed by atoms with Gasteiger partial charge in [0, 0.05) is 16.9 Å². The maximum Gasteiger partial charge on any atom is 0.255 e. The van der Waals surface area contributed by atoms with E-state index < -0.39 is 0 Å². The van der Waals surface area contributed by atoms with Crippen molar-refractivity contribution in [2.75, 3.05) is 30.8 Å². The van der Waals surface area contributed by atoms with E-state index >= 15 is 0 Å². The van der Waals surface area contributed by atoms with Crippen LogP contribution in [0.4, 0.5) is 11.4 Å². The Labute approximate surface area is 175 Å². The molecule has 0 saturated carbocycles. The molecule has 2 amide bonds. The van der Waals surface area contributed by atoms with E-state index in [1.165, 1.54) is 0 Å². The molecule has 0 atom stereocenters. The van der Waals surface area contributed by atoms with Crippen LogP contribution in [-0.4, -0.2) is 36.9 Å². The first kappa shape index (κ1) is 21.1. The number of furan rings is 1. The fourth-order valence-electron chi connectivity index (χ4n) is 2.88. The molecule has 3 rings (SSSR count). The van der Waals surface area contributed by atoms with Gasteiger partial charge in [0.25, 0.3) is 5.91 Å². The second-order valence-electron chi connectivity index (χ2n) is 6.79. The Hall–Kier alpha value is -3.58. The summed E-state index contributed by atoms with van der Waals surface area (Å²) in [7, 11) is 1.84. The third-order valence-corrected chi connectivity index (χ3v) is 4.27. The lowest BCUT2D eigenvalue weighted by molar-refractivity contribution is -0.117. The van der Waals surface area contributed by atoms with Crippen molar-refractivity contribution in [1.82, 2.24) is 4.90 Å². The van der Waals surface area contributed by atoms with Gasteiger partial charge in [-0.3, -0.25) is 14.5 Å². The fraction of sp³-hybridized carbons (Fsp3) is 0.217. The summed E-state index contributed by atoms with van der Waals surface area (Å²) in [5.74, 6) is 1.18. The van der Waals surface area contributed by atoms with Gasteiger partial charge in [-0.2, -0.15) is 0 Å². The van der Waals surface area contributed by atoms with Crippen LogP contribution in [0.5, 0.6) is 5.75 Å². The van der Waals surface area contributed by atoms with E-state index in [-0.39, 0.29) is 18.4 Å². The topological polar surface area (TPSA) is 83.8 Å². The van der Waals surface area contributed by atoms with Gasteiger partial charge in [-0.15, -0.1) is 0 Å². The minimum absolute atomic E-state index is 0.143. The van der Waals surface area contributed by atoms with Crippen LogP contribution in [-0.2, 0) is 11.3 Å². The molecule has 30 heavy (non-hydrogen) atoms. The summed E-state index contributed by atoms with van der Waals surface area (Å²) in [5, 5.41) is 5.67. The van der Waals surface area contributed by atoms with E-state index in [4.69, 9.17) is 9.15 Å². The molecule has 3 aromatic rings. The number of benzene rings is 2. The lowest BCUT2D eigenvalue weighted by Crippen LogP contribution is -2.29. The third kappa shape index (κ3) is 6.22. The SMILES string of the molecule is CCOc1ccc(NC(=O)c2ccc(NC(=O)CN(C)Cc3ccco3)cc2)cc1. The van der Waals surface area contributed by atoms with Crippen LogP contribution in [0, 0.1) is 0 Å². The molecular weight excluding hydrogens is 382 g/mol. The molecule has 7 nitrogen and oxygen atoms in total. The standard InChI is InChI=1S/C23H25N3O4/c1-3-29-20-12-10-19(11-13-20)25-23(28)17-6-8-18(9-7-17)24-22(27)16-26(2)15-21-5-4-14-30-21/h4-14H,3,15-16H2,1-2H3,(H,24,27)(H,25,28). The minimum atomic E-state index is -0.227. The number of likely N-dealkylation sites (N-methyl/N-ethyl adjacent to an activating group) is 1. The minimum Gasteiger partial charge on any atom is -0.494 e. The summed E-state index contributed by atoms with van der Waals surface area (Å²) in [6.45, 7) is 3.28. The van der Waals surface area contributed by atoms with Gasteiger partial charge in [-0.05, 0) is 74.6 Å². The van der Waals surface area contributed by atoms with Crippen molar-refractivity contribution in [2.24, 2.45) is 0 Å². The van der Waals surface area contributed by atoms with E-state index in [0.717, 1.165) is 11.5 Å². The number of hydrogen-bond donors (Lipinski definition) is 2. The van der Waals surface area contributed by atoms with Crippen molar-refractivity contribution < 1.29 is 18.7 Å². The summed E-state index contributed by atoms with van der Waals surface area (Å²) >= 11 is 0. The second-order valence-corrected chi connectivity index (χ2v) is 6.79. The molecule has 0 radical (unpaired) electrons. The van der Waals surface area contributed by atoms with Gasteiger partial charge in [0.05, 0.1) is 26.0 Å². The zero-order valence-electron chi connectivity index (χ0n) is 17.1. The van der Waals surface area contributed by atoms with Crippen molar-refractivity contribution in [2.45, 2.75) is 13.5 Å². The summed E-state index contributed by atoms with van der Waals surface area (Å²) < 4.78 is 10.7. The molecule has 0 aliphatic heterocycles. The molecule has 2 aromatic carbocycles. The molecule has 2 N–H and O–H groups in total. The lowest BCUT2D eigenvalue weighted by Gasteiger charge is -2.15. The molecule has 0 aliphatic carbocycles. The van der Waals surface area contributed by atoms with Crippen LogP contribution >= 0.6 is 0 Å². The van der Waals surface area contributed by atoms with Crippen LogP contribution in [0.15, 0.2) is 71.3 Å². The number of nitrogens with one attached hydrogen (secondary N) is 2. The van der Waals surface area contributed by atoms with Crippen LogP contribution in [0.1, 0.15) is 23.0 Å². The smallest absolute Gasteiger partial charge is 0.255 e. The molecule has 0 bridgehead atoms. The van der Waals surface area contributed by atoms with Gasteiger partial charge in [-0.25, -0.2) is 0 Å². The Balaban J connectivity index is 1.49. The van der Waals surface area contributed by atoms with E-state index in [0.29, 0.717) is 30.1 Å². The highest BCUT2D eigenvalue weighted by Crippen LogP contribution is 2.17. The number of carbonyl (C=O) groups is 2. The predicted molar refractivity (Wildman–Crippen MR) is 116 cm³/mol. The van der Waals surface area contributed by atoms with Gasteiger partial charge in [0.2, 0.25) is 5.91 Å². The highest BCUT2D eigenvalue weighted by Gasteiger charge is 2.10. The van der Waals surface area contributed by atoms with Crippen molar-refractivity contribution in [3.8, 4) is 5.75 Å². The largest absolute Gasteiger partial charge is 0.494 e. The molecule has 1 aromatic heterocycles. The third-order valence-electron chi connectivity index (χ3n) is 4.27. The summed E-state index contributed by atoms with van der Waals surface area (Å²) in [6.07, 6.45) is 1.61. The van der Waals surface area contributed by atoms with Gasteiger partial charge in [0.15, 0.2) is 0 Å². The van der Waals surface area contributed by atoms with Crippen LogP contribution < -0.4 is 15.4 Å². The number of anilines is 2. The molecule has 7 heteroatoms. The Morgan fingerprint density at radius 1 is 0.967 bits per heavy atom. The highest BCUT2D eigenvalue weighted by molar-refractivity contribution is 6.04. The number of amides is 2. The number of nitrogens with zero attached hydrogens (tertiary/aromatic N) is 1. The fourth-order valence-corrected chi connectivity index (χ4v) is 2.88. The van der Waals surface area contributed by atoms with Gasteiger partial charge in [0.1, 0.15) is 11.5 Å². The van der Waals surface area contributed by atoms with Crippen molar-refractivity contribution in [3.63, 3.8) is 0 Å². The molecule has 156 valence electrons. The van der Waals surface area contributed by atoms with Gasteiger partial charge < -0.3 is 19.8 Å². The monoisotopic (exact) mass is 407 g/mol. The maximum absolute atomic E-state index is 12.4. The van der Waals surface area contributed by atoms with E-state index in [9.17, 15) is 9.59 Å². The molecule has 0 spiro atoms. The van der Waals surface area contributed by atoms with Crippen LogP contribution in [0.3, 0.4) is 0 Å². The molecule has 0 fully saturated rings. The van der Waals surface area contributed by atoms with E-state index in [1.807, 2.05) is 31.0 Å². The quantitative estimate of drug-likeness (QED) is 0.560. The Bertz CT molecular complexity index is 951. The van der Waals surface area contributed by atoms with Crippen LogP contribution in [0.2, 0.25) is 0 Å². The first-order valence-electron chi connectivity index (χ1n) is 9.68. The predicted octanol–water partition coefficient (Wildman–Crippen LogP) is 4.00. The van der Waals surface area contributed by atoms with E-state index in [2.05, 4.69) is 10.6 Å². The Morgan fingerprint density at radius 2 is 1.63 bits per heavy atom. The Kier molecular flexibility index (Phi) is 7.24. The number of ether oxygens (including phenoxy) is 1. The van der Waals surface area contributed by atoms with Gasteiger partial charge in [-0.1, -0.05) is 0 Å². The number of hydrogen-bond acceptors (Lipinski definition) is 5. The van der Waals surface area contributed by atoms with Crippen LogP contribution in [0.25, 0.3) is 0 Å². The molecule has 0 aliphatic rings. The summed E-state index contributed by atoms with van der Waals surface area (Å²) in [5.41, 5.74) is 1.81. The zero-order chi connectivity index (χ0) is 21.3. The van der Waals surface area contributed by atoms with Gasteiger partial charge >= 0.3 is 0 Å².